The molecule has 0 bridgehead atoms. The minimum atomic E-state index is -3.11. The van der Waals surface area contributed by atoms with E-state index in [1.165, 1.54) is 0 Å². The molecule has 0 fully saturated rings. The second-order valence-electron chi connectivity index (χ2n) is 6.90. The van der Waals surface area contributed by atoms with Crippen LogP contribution in [-0.2, 0) is 4.57 Å². The molecule has 4 heteroatoms. The van der Waals surface area contributed by atoms with Gasteiger partial charge in [-0.1, -0.05) is 60.7 Å². The maximum Gasteiger partial charge on any atom is 0.185 e. The van der Waals surface area contributed by atoms with E-state index in [0.29, 0.717) is 28.3 Å². The minimum absolute atomic E-state index is 0.603. The molecule has 1 atom stereocenters. The maximum absolute atomic E-state index is 14.8. The van der Waals surface area contributed by atoms with Crippen LogP contribution in [0.5, 0.6) is 23.0 Å². The van der Waals surface area contributed by atoms with E-state index < -0.39 is 7.14 Å². The molecule has 28 heavy (non-hydrogen) atoms. The summed E-state index contributed by atoms with van der Waals surface area (Å²) in [6, 6.07) is 29.1. The standard InChI is InChI=1S/C24H15O3P/c25-28-21-14-5-4-11-18(21)26-19-12-7-13-20(24(19)28)27-23-17(10-6-15-22(23)28)16-8-2-1-3-9-16/h1-15H. The highest BCUT2D eigenvalue weighted by atomic mass is 31.2. The highest BCUT2D eigenvalue weighted by Crippen LogP contribution is 2.59. The van der Waals surface area contributed by atoms with Crippen molar-refractivity contribution in [2.24, 2.45) is 0 Å². The molecule has 6 rings (SSSR count). The van der Waals surface area contributed by atoms with E-state index in [0.717, 1.165) is 21.7 Å². The first-order valence-corrected chi connectivity index (χ1v) is 10.9. The Bertz CT molecular complexity index is 1290. The summed E-state index contributed by atoms with van der Waals surface area (Å²) in [5.41, 5.74) is 1.97. The monoisotopic (exact) mass is 382 g/mol. The highest BCUT2D eigenvalue weighted by Gasteiger charge is 2.46. The third-order valence-corrected chi connectivity index (χ3v) is 8.48. The molecule has 0 radical (unpaired) electrons. The lowest BCUT2D eigenvalue weighted by molar-refractivity contribution is 0.462. The van der Waals surface area contributed by atoms with Crippen LogP contribution in [0.1, 0.15) is 0 Å². The van der Waals surface area contributed by atoms with Crippen molar-refractivity contribution in [2.45, 2.75) is 0 Å². The van der Waals surface area contributed by atoms with Crippen molar-refractivity contribution in [3.8, 4) is 34.1 Å². The molecule has 2 aliphatic rings. The minimum Gasteiger partial charge on any atom is -0.456 e. The smallest absolute Gasteiger partial charge is 0.185 e. The molecule has 0 spiro atoms. The molecular weight excluding hydrogens is 367 g/mol. The molecule has 2 aliphatic heterocycles. The Morgan fingerprint density at radius 2 is 1.21 bits per heavy atom. The number of rotatable bonds is 1. The van der Waals surface area contributed by atoms with Crippen LogP contribution in [0.3, 0.4) is 0 Å². The Hall–Kier alpha value is -3.29. The van der Waals surface area contributed by atoms with Crippen LogP contribution >= 0.6 is 7.14 Å². The fourth-order valence-corrected chi connectivity index (χ4v) is 7.18. The van der Waals surface area contributed by atoms with Gasteiger partial charge in [-0.25, -0.2) is 0 Å². The summed E-state index contributed by atoms with van der Waals surface area (Å²) in [5, 5.41) is 2.11. The van der Waals surface area contributed by atoms with Crippen LogP contribution in [-0.4, -0.2) is 0 Å². The van der Waals surface area contributed by atoms with E-state index in [4.69, 9.17) is 9.47 Å². The van der Waals surface area contributed by atoms with E-state index in [2.05, 4.69) is 0 Å². The van der Waals surface area contributed by atoms with Crippen molar-refractivity contribution in [1.29, 1.82) is 0 Å². The number of hydrogen-bond donors (Lipinski definition) is 0. The summed E-state index contributed by atoms with van der Waals surface area (Å²) in [7, 11) is -3.11. The van der Waals surface area contributed by atoms with Crippen molar-refractivity contribution >= 4 is 23.1 Å². The molecule has 3 nitrogen and oxygen atoms in total. The van der Waals surface area contributed by atoms with Crippen molar-refractivity contribution < 1.29 is 14.0 Å². The Balaban J connectivity index is 1.72. The van der Waals surface area contributed by atoms with Gasteiger partial charge >= 0.3 is 0 Å². The first-order valence-electron chi connectivity index (χ1n) is 9.15. The van der Waals surface area contributed by atoms with Gasteiger partial charge in [-0.3, -0.25) is 0 Å². The maximum atomic E-state index is 14.8. The molecule has 2 heterocycles. The van der Waals surface area contributed by atoms with Crippen molar-refractivity contribution in [1.82, 2.24) is 0 Å². The summed E-state index contributed by atoms with van der Waals surface area (Å²) in [6.45, 7) is 0. The summed E-state index contributed by atoms with van der Waals surface area (Å²) in [6.07, 6.45) is 0. The van der Waals surface area contributed by atoms with Gasteiger partial charge in [0.05, 0.1) is 10.6 Å². The Kier molecular flexibility index (Phi) is 3.15. The number of fused-ring (bicyclic) bond motifs is 4. The second kappa shape index (κ2) is 5.60. The predicted octanol–water partition coefficient (Wildman–Crippen LogP) is 5.20. The Morgan fingerprint density at radius 1 is 0.571 bits per heavy atom. The fourth-order valence-electron chi connectivity index (χ4n) is 4.11. The number of benzene rings is 4. The lowest BCUT2D eigenvalue weighted by Crippen LogP contribution is -2.35. The van der Waals surface area contributed by atoms with Crippen molar-refractivity contribution in [3.63, 3.8) is 0 Å². The molecule has 0 N–H and O–H groups in total. The predicted molar refractivity (Wildman–Crippen MR) is 111 cm³/mol. The van der Waals surface area contributed by atoms with Gasteiger partial charge in [-0.2, -0.15) is 0 Å². The van der Waals surface area contributed by atoms with Crippen LogP contribution in [0.15, 0.2) is 91.0 Å². The van der Waals surface area contributed by atoms with Crippen molar-refractivity contribution in [3.05, 3.63) is 91.0 Å². The van der Waals surface area contributed by atoms with E-state index in [9.17, 15) is 4.57 Å². The average molecular weight is 382 g/mol. The van der Waals surface area contributed by atoms with E-state index in [-0.39, 0.29) is 0 Å². The molecule has 0 aliphatic carbocycles. The fraction of sp³-hybridized carbons (Fsp3) is 0. The van der Waals surface area contributed by atoms with Crippen LogP contribution in [0.4, 0.5) is 0 Å². The van der Waals surface area contributed by atoms with Crippen LogP contribution in [0.2, 0.25) is 0 Å². The number of ether oxygens (including phenoxy) is 2. The van der Waals surface area contributed by atoms with Gasteiger partial charge in [-0.05, 0) is 35.9 Å². The summed E-state index contributed by atoms with van der Waals surface area (Å²) in [4.78, 5) is 0. The molecule has 0 saturated heterocycles. The Morgan fingerprint density at radius 3 is 2.07 bits per heavy atom. The molecule has 4 aromatic carbocycles. The molecular formula is C24H15O3P. The second-order valence-corrected chi connectivity index (χ2v) is 9.53. The normalized spacial score (nSPS) is 18.1. The van der Waals surface area contributed by atoms with Gasteiger partial charge in [0.1, 0.15) is 28.3 Å². The van der Waals surface area contributed by atoms with Gasteiger partial charge in [-0.15, -0.1) is 0 Å². The number of para-hydroxylation sites is 2. The van der Waals surface area contributed by atoms with Crippen LogP contribution in [0, 0.1) is 0 Å². The van der Waals surface area contributed by atoms with Crippen LogP contribution < -0.4 is 25.4 Å². The van der Waals surface area contributed by atoms with Gasteiger partial charge in [0.25, 0.3) is 0 Å². The zero-order valence-electron chi connectivity index (χ0n) is 14.8. The van der Waals surface area contributed by atoms with Gasteiger partial charge in [0, 0.05) is 5.56 Å². The molecule has 134 valence electrons. The van der Waals surface area contributed by atoms with Crippen molar-refractivity contribution in [2.75, 3.05) is 0 Å². The van der Waals surface area contributed by atoms with E-state index >= 15 is 0 Å². The third-order valence-electron chi connectivity index (χ3n) is 5.33. The lowest BCUT2D eigenvalue weighted by atomic mass is 10.0. The summed E-state index contributed by atoms with van der Waals surface area (Å²) >= 11 is 0. The zero-order chi connectivity index (χ0) is 18.7. The van der Waals surface area contributed by atoms with E-state index in [1.54, 1.807) is 0 Å². The largest absolute Gasteiger partial charge is 0.456 e. The quantitative estimate of drug-likeness (QED) is 0.367. The van der Waals surface area contributed by atoms with E-state index in [1.807, 2.05) is 91.0 Å². The molecule has 1 unspecified atom stereocenters. The summed E-state index contributed by atoms with van der Waals surface area (Å²) < 4.78 is 27.2. The van der Waals surface area contributed by atoms with Gasteiger partial charge in [0.2, 0.25) is 0 Å². The molecule has 0 saturated carbocycles. The number of hydrogen-bond acceptors (Lipinski definition) is 3. The topological polar surface area (TPSA) is 35.5 Å². The molecule has 0 aromatic heterocycles. The van der Waals surface area contributed by atoms with Gasteiger partial charge in [0.15, 0.2) is 7.14 Å². The summed E-state index contributed by atoms with van der Waals surface area (Å²) in [5.74, 6) is 2.52. The first kappa shape index (κ1) is 15.7. The highest BCUT2D eigenvalue weighted by molar-refractivity contribution is 7.86. The van der Waals surface area contributed by atoms with Gasteiger partial charge < -0.3 is 14.0 Å². The molecule has 0 amide bonds. The zero-order valence-corrected chi connectivity index (χ0v) is 15.7. The molecule has 4 aromatic rings. The first-order chi connectivity index (χ1) is 13.8. The average Bonchev–Trinajstić information content (AvgIpc) is 2.74. The third kappa shape index (κ3) is 1.97. The Labute approximate surface area is 162 Å². The van der Waals surface area contributed by atoms with Crippen LogP contribution in [0.25, 0.3) is 11.1 Å². The lowest BCUT2D eigenvalue weighted by Gasteiger charge is -2.35. The SMILES string of the molecule is O=P12c3ccccc3Oc3cccc(c31)Oc1c(-c3ccccc3)cccc12.